The Morgan fingerprint density at radius 2 is 1.79 bits per heavy atom. The van der Waals surface area contributed by atoms with Crippen LogP contribution in [-0.4, -0.2) is 45.4 Å². The number of benzene rings is 1. The number of likely N-dealkylation sites (tertiary alicyclic amines) is 1. The Bertz CT molecular complexity index is 825. The van der Waals surface area contributed by atoms with Crippen LogP contribution in [-0.2, 0) is 21.2 Å². The summed E-state index contributed by atoms with van der Waals surface area (Å²) in [4.78, 5) is 15.1. The fourth-order valence-corrected chi connectivity index (χ4v) is 6.13. The topological polar surface area (TPSA) is 78.5 Å². The number of nitrogens with one attached hydrogen (secondary N) is 2. The fraction of sp³-hybridized carbons (Fsp3) is 0.667. The normalized spacial score (nSPS) is 24.4. The summed E-state index contributed by atoms with van der Waals surface area (Å²) in [6, 6.07) is 5.32. The van der Waals surface area contributed by atoms with Crippen molar-refractivity contribution in [3.63, 3.8) is 0 Å². The second-order valence-corrected chi connectivity index (χ2v) is 10.4. The van der Waals surface area contributed by atoms with Crippen LogP contribution in [0.25, 0.3) is 0 Å². The van der Waals surface area contributed by atoms with Gasteiger partial charge in [0.05, 0.1) is 10.9 Å². The van der Waals surface area contributed by atoms with Crippen LogP contribution in [0.15, 0.2) is 23.1 Å². The van der Waals surface area contributed by atoms with Crippen molar-refractivity contribution in [1.82, 2.24) is 14.9 Å². The van der Waals surface area contributed by atoms with Gasteiger partial charge in [-0.3, -0.25) is 4.79 Å². The molecule has 0 bridgehead atoms. The molecule has 4 rings (SSSR count). The van der Waals surface area contributed by atoms with Crippen molar-refractivity contribution in [1.29, 1.82) is 0 Å². The van der Waals surface area contributed by atoms with E-state index < -0.39 is 10.0 Å². The molecule has 0 unspecified atom stereocenters. The molecule has 2 aliphatic carbocycles. The number of hydrogen-bond acceptors (Lipinski definition) is 4. The molecule has 1 aromatic rings. The monoisotopic (exact) mass is 405 g/mol. The van der Waals surface area contributed by atoms with Gasteiger partial charge in [0.15, 0.2) is 0 Å². The van der Waals surface area contributed by atoms with Gasteiger partial charge in [0.2, 0.25) is 15.9 Å². The van der Waals surface area contributed by atoms with Crippen LogP contribution < -0.4 is 10.0 Å². The molecule has 0 radical (unpaired) electrons. The third kappa shape index (κ3) is 4.26. The van der Waals surface area contributed by atoms with Gasteiger partial charge in [0.1, 0.15) is 0 Å². The number of piperidine rings is 1. The number of rotatable bonds is 5. The van der Waals surface area contributed by atoms with Crippen molar-refractivity contribution >= 4 is 15.9 Å². The lowest BCUT2D eigenvalue weighted by Crippen LogP contribution is -2.43. The minimum absolute atomic E-state index is 0.00711. The van der Waals surface area contributed by atoms with Crippen LogP contribution in [0.4, 0.5) is 0 Å². The maximum Gasteiger partial charge on any atom is 0.240 e. The number of carbonyl (C=O) groups is 1. The van der Waals surface area contributed by atoms with Gasteiger partial charge in [-0.25, -0.2) is 13.1 Å². The first-order chi connectivity index (χ1) is 13.4. The highest BCUT2D eigenvalue weighted by Crippen LogP contribution is 2.34. The first-order valence-corrected chi connectivity index (χ1v) is 12.0. The van der Waals surface area contributed by atoms with Crippen LogP contribution in [0.5, 0.6) is 0 Å². The van der Waals surface area contributed by atoms with Gasteiger partial charge in [-0.1, -0.05) is 18.9 Å². The van der Waals surface area contributed by atoms with E-state index >= 15 is 0 Å². The number of aryl methyl sites for hydroxylation is 1. The standard InChI is InChI=1S/C21H31N3O3S/c1-24-12-10-17(11-13-24)23-28(26,27)18-8-6-15-7-9-20(19(15)14-18)22-21(25)16-4-2-3-5-16/h6,8,14,16-17,20,23H,2-5,7,9-13H2,1H3,(H,22,25)/t20-/m1/s1. The molecule has 1 saturated heterocycles. The Labute approximate surface area is 168 Å². The summed E-state index contributed by atoms with van der Waals surface area (Å²) in [5, 5.41) is 3.18. The van der Waals surface area contributed by atoms with Crippen LogP contribution in [0.3, 0.4) is 0 Å². The van der Waals surface area contributed by atoms with Gasteiger partial charge >= 0.3 is 0 Å². The summed E-state index contributed by atoms with van der Waals surface area (Å²) in [6.07, 6.45) is 7.60. The molecule has 7 heteroatoms. The van der Waals surface area contributed by atoms with Gasteiger partial charge in [-0.05, 0) is 81.9 Å². The first-order valence-electron chi connectivity index (χ1n) is 10.6. The van der Waals surface area contributed by atoms with E-state index in [0.29, 0.717) is 4.90 Å². The number of carbonyl (C=O) groups excluding carboxylic acids is 1. The lowest BCUT2D eigenvalue weighted by Gasteiger charge is -2.29. The molecule has 28 heavy (non-hydrogen) atoms. The van der Waals surface area contributed by atoms with Gasteiger partial charge in [-0.15, -0.1) is 0 Å². The molecule has 154 valence electrons. The molecular formula is C21H31N3O3S. The van der Waals surface area contributed by atoms with Crippen molar-refractivity contribution in [3.05, 3.63) is 29.3 Å². The first kappa shape index (κ1) is 19.9. The van der Waals surface area contributed by atoms with Crippen LogP contribution in [0.1, 0.15) is 62.1 Å². The highest BCUT2D eigenvalue weighted by molar-refractivity contribution is 7.89. The maximum atomic E-state index is 12.9. The molecule has 0 aromatic heterocycles. The fourth-order valence-electron chi connectivity index (χ4n) is 4.79. The minimum atomic E-state index is -3.55. The SMILES string of the molecule is CN1CCC(NS(=O)(=O)c2ccc3c(c2)[C@H](NC(=O)C2CCCC2)CC3)CC1. The van der Waals surface area contributed by atoms with Gasteiger partial charge < -0.3 is 10.2 Å². The Hall–Kier alpha value is -1.44. The lowest BCUT2D eigenvalue weighted by molar-refractivity contribution is -0.125. The molecule has 1 atom stereocenters. The van der Waals surface area contributed by atoms with Crippen LogP contribution in [0, 0.1) is 5.92 Å². The molecule has 6 nitrogen and oxygen atoms in total. The number of nitrogens with zero attached hydrogens (tertiary/aromatic N) is 1. The zero-order chi connectivity index (χ0) is 19.7. The van der Waals surface area contributed by atoms with Crippen molar-refractivity contribution < 1.29 is 13.2 Å². The minimum Gasteiger partial charge on any atom is -0.349 e. The smallest absolute Gasteiger partial charge is 0.240 e. The summed E-state index contributed by atoms with van der Waals surface area (Å²) in [7, 11) is -1.49. The summed E-state index contributed by atoms with van der Waals surface area (Å²) >= 11 is 0. The molecule has 2 fully saturated rings. The summed E-state index contributed by atoms with van der Waals surface area (Å²) in [5.74, 6) is 0.259. The van der Waals surface area contributed by atoms with E-state index in [4.69, 9.17) is 0 Å². The van der Waals surface area contributed by atoms with Crippen molar-refractivity contribution in [2.24, 2.45) is 5.92 Å². The van der Waals surface area contributed by atoms with E-state index in [2.05, 4.69) is 22.0 Å². The van der Waals surface area contributed by atoms with Gasteiger partial charge in [0.25, 0.3) is 0 Å². The molecule has 1 saturated carbocycles. The zero-order valence-corrected chi connectivity index (χ0v) is 17.4. The highest BCUT2D eigenvalue weighted by atomic mass is 32.2. The Morgan fingerprint density at radius 1 is 1.07 bits per heavy atom. The van der Waals surface area contributed by atoms with E-state index in [1.165, 1.54) is 0 Å². The Balaban J connectivity index is 1.47. The zero-order valence-electron chi connectivity index (χ0n) is 16.6. The predicted octanol–water partition coefficient (Wildman–Crippen LogP) is 2.35. The number of fused-ring (bicyclic) bond motifs is 1. The van der Waals surface area contributed by atoms with Crippen molar-refractivity contribution in [2.45, 2.75) is 68.3 Å². The summed E-state index contributed by atoms with van der Waals surface area (Å²) in [6.45, 7) is 1.82. The van der Waals surface area contributed by atoms with Crippen molar-refractivity contribution in [2.75, 3.05) is 20.1 Å². The predicted molar refractivity (Wildman–Crippen MR) is 108 cm³/mol. The van der Waals surface area contributed by atoms with Crippen LogP contribution >= 0.6 is 0 Å². The number of hydrogen-bond donors (Lipinski definition) is 2. The molecule has 1 heterocycles. The molecule has 1 aliphatic heterocycles. The number of amides is 1. The Morgan fingerprint density at radius 3 is 2.50 bits per heavy atom. The highest BCUT2D eigenvalue weighted by Gasteiger charge is 2.30. The molecule has 3 aliphatic rings. The molecule has 1 aromatic carbocycles. The van der Waals surface area contributed by atoms with Crippen LogP contribution in [0.2, 0.25) is 0 Å². The average Bonchev–Trinajstić information content (AvgIpc) is 3.33. The quantitative estimate of drug-likeness (QED) is 0.788. The Kier molecular flexibility index (Phi) is 5.76. The van der Waals surface area contributed by atoms with E-state index in [9.17, 15) is 13.2 Å². The van der Waals surface area contributed by atoms with Crippen molar-refractivity contribution in [3.8, 4) is 0 Å². The number of sulfonamides is 1. The lowest BCUT2D eigenvalue weighted by atomic mass is 10.0. The van der Waals surface area contributed by atoms with Gasteiger partial charge in [0, 0.05) is 12.0 Å². The van der Waals surface area contributed by atoms with E-state index in [1.54, 1.807) is 12.1 Å². The van der Waals surface area contributed by atoms with E-state index in [-0.39, 0.29) is 23.9 Å². The third-order valence-corrected chi connectivity index (χ3v) is 8.11. The van der Waals surface area contributed by atoms with E-state index in [0.717, 1.165) is 75.6 Å². The molecule has 1 amide bonds. The third-order valence-electron chi connectivity index (χ3n) is 6.59. The summed E-state index contributed by atoms with van der Waals surface area (Å²) < 4.78 is 28.7. The molecule has 0 spiro atoms. The molecular weight excluding hydrogens is 374 g/mol. The molecule has 2 N–H and O–H groups in total. The maximum absolute atomic E-state index is 12.9. The second-order valence-electron chi connectivity index (χ2n) is 8.64. The second kappa shape index (κ2) is 8.13. The largest absolute Gasteiger partial charge is 0.349 e. The van der Waals surface area contributed by atoms with E-state index in [1.807, 2.05) is 6.07 Å². The van der Waals surface area contributed by atoms with Gasteiger partial charge in [-0.2, -0.15) is 0 Å². The summed E-state index contributed by atoms with van der Waals surface area (Å²) in [5.41, 5.74) is 2.12. The average molecular weight is 406 g/mol.